The molecule has 2 amide bonds. The summed E-state index contributed by atoms with van der Waals surface area (Å²) in [5.74, 6) is -0.769. The van der Waals surface area contributed by atoms with Crippen molar-refractivity contribution in [2.24, 2.45) is 0 Å². The van der Waals surface area contributed by atoms with Gasteiger partial charge in [-0.3, -0.25) is 9.59 Å². The molecular weight excluding hydrogens is 421 g/mol. The smallest absolute Gasteiger partial charge is 0.256 e. The van der Waals surface area contributed by atoms with E-state index in [1.54, 1.807) is 24.5 Å². The molecule has 33 heavy (non-hydrogen) atoms. The van der Waals surface area contributed by atoms with Crippen molar-refractivity contribution in [3.63, 3.8) is 0 Å². The van der Waals surface area contributed by atoms with Crippen LogP contribution in [-0.2, 0) is 9.53 Å². The molecule has 2 aromatic rings. The van der Waals surface area contributed by atoms with Crippen LogP contribution in [0, 0.1) is 5.82 Å². The molecule has 0 aliphatic carbocycles. The van der Waals surface area contributed by atoms with Crippen molar-refractivity contribution in [1.82, 2.24) is 10.2 Å². The minimum absolute atomic E-state index is 0.108. The number of likely N-dealkylation sites (N-methyl/N-ethyl adjacent to an activating group) is 1. The molecule has 0 fully saturated rings. The second-order valence-corrected chi connectivity index (χ2v) is 8.11. The molecule has 0 spiro atoms. The number of anilines is 1. The number of nitrogens with zero attached hydrogens (tertiary/aromatic N) is 1. The van der Waals surface area contributed by atoms with Crippen LogP contribution in [0.5, 0.6) is 0 Å². The zero-order valence-electron chi connectivity index (χ0n) is 18.9. The highest BCUT2D eigenvalue weighted by molar-refractivity contribution is 6.31. The monoisotopic (exact) mass is 449 g/mol. The van der Waals surface area contributed by atoms with E-state index >= 15 is 0 Å². The molecule has 2 aliphatic heterocycles. The average molecular weight is 450 g/mol. The molecule has 172 valence electrons. The van der Waals surface area contributed by atoms with Gasteiger partial charge in [-0.25, -0.2) is 4.39 Å². The maximum Gasteiger partial charge on any atom is 0.256 e. The molecule has 7 heteroatoms. The van der Waals surface area contributed by atoms with Gasteiger partial charge in [-0.15, -0.1) is 0 Å². The van der Waals surface area contributed by atoms with Gasteiger partial charge in [0.15, 0.2) is 0 Å². The van der Waals surface area contributed by atoms with Crippen LogP contribution >= 0.6 is 0 Å². The Kier molecular flexibility index (Phi) is 6.89. The van der Waals surface area contributed by atoms with E-state index in [0.717, 1.165) is 30.8 Å². The number of carbonyl (C=O) groups excluding carboxylic acids is 2. The fourth-order valence-corrected chi connectivity index (χ4v) is 4.11. The summed E-state index contributed by atoms with van der Waals surface area (Å²) in [7, 11) is 0. The number of nitrogens with one attached hydrogen (secondary N) is 2. The Hall–Kier alpha value is -3.45. The number of halogens is 1. The summed E-state index contributed by atoms with van der Waals surface area (Å²) < 4.78 is 19.4. The summed E-state index contributed by atoms with van der Waals surface area (Å²) in [6, 6.07) is 11.7. The lowest BCUT2D eigenvalue weighted by Crippen LogP contribution is -2.34. The Morgan fingerprint density at radius 1 is 1.24 bits per heavy atom. The number of rotatable bonds is 8. The zero-order valence-corrected chi connectivity index (χ0v) is 18.9. The average Bonchev–Trinajstić information content (AvgIpc) is 3.41. The number of benzene rings is 2. The molecule has 2 N–H and O–H groups in total. The first-order chi connectivity index (χ1) is 16.0. The third-order valence-electron chi connectivity index (χ3n) is 6.03. The van der Waals surface area contributed by atoms with E-state index in [0.29, 0.717) is 35.4 Å². The second kappa shape index (κ2) is 10.0. The standard InChI is InChI=1S/C26H28FN3O3/c1-3-30(4-2)11-10-28-25(31)18-7-5-6-17(12-18)19-13-21(33-16-19)15-23-22-14-20(27)8-9-24(22)29-26(23)32/h5-9,12,14-16,21H,3-4,10-11,13H2,1-2H3,(H,28,31)(H,29,32)/b23-15+. The molecule has 0 radical (unpaired) electrons. The third-order valence-corrected chi connectivity index (χ3v) is 6.03. The van der Waals surface area contributed by atoms with Crippen molar-refractivity contribution in [2.45, 2.75) is 26.4 Å². The Morgan fingerprint density at radius 3 is 2.85 bits per heavy atom. The first-order valence-corrected chi connectivity index (χ1v) is 11.3. The lowest BCUT2D eigenvalue weighted by Gasteiger charge is -2.18. The molecule has 4 rings (SSSR count). The highest BCUT2D eigenvalue weighted by atomic mass is 19.1. The van der Waals surface area contributed by atoms with Crippen molar-refractivity contribution in [3.8, 4) is 0 Å². The molecule has 2 aliphatic rings. The van der Waals surface area contributed by atoms with Crippen LogP contribution in [-0.4, -0.2) is 49.0 Å². The number of ether oxygens (including phenoxy) is 1. The quantitative estimate of drug-likeness (QED) is 0.597. The normalized spacial score (nSPS) is 18.2. The maximum atomic E-state index is 13.7. The van der Waals surface area contributed by atoms with E-state index in [2.05, 4.69) is 29.4 Å². The fourth-order valence-electron chi connectivity index (χ4n) is 4.11. The molecule has 0 bridgehead atoms. The van der Waals surface area contributed by atoms with Gasteiger partial charge in [0.05, 0.1) is 6.26 Å². The van der Waals surface area contributed by atoms with E-state index in [1.165, 1.54) is 12.1 Å². The van der Waals surface area contributed by atoms with Crippen molar-refractivity contribution in [3.05, 3.63) is 77.3 Å². The number of carbonyl (C=O) groups is 2. The number of hydrogen-bond acceptors (Lipinski definition) is 4. The van der Waals surface area contributed by atoms with Gasteiger partial charge < -0.3 is 20.3 Å². The lowest BCUT2D eigenvalue weighted by atomic mass is 9.98. The molecule has 0 aromatic heterocycles. The van der Waals surface area contributed by atoms with E-state index in [9.17, 15) is 14.0 Å². The Bertz CT molecular complexity index is 1120. The van der Waals surface area contributed by atoms with Gasteiger partial charge in [0.25, 0.3) is 11.8 Å². The summed E-state index contributed by atoms with van der Waals surface area (Å²) in [4.78, 5) is 27.2. The molecule has 2 aromatic carbocycles. The van der Waals surface area contributed by atoms with Crippen LogP contribution in [0.25, 0.3) is 11.1 Å². The number of fused-ring (bicyclic) bond motifs is 1. The van der Waals surface area contributed by atoms with Gasteiger partial charge in [-0.05, 0) is 60.6 Å². The molecule has 1 atom stereocenters. The van der Waals surface area contributed by atoms with Crippen LogP contribution < -0.4 is 10.6 Å². The van der Waals surface area contributed by atoms with Crippen molar-refractivity contribution in [2.75, 3.05) is 31.5 Å². The van der Waals surface area contributed by atoms with Gasteiger partial charge in [-0.1, -0.05) is 26.0 Å². The third kappa shape index (κ3) is 5.14. The zero-order chi connectivity index (χ0) is 23.4. The SMILES string of the molecule is CCN(CC)CCNC(=O)c1cccc(C2=COC(/C=C3/C(=O)Nc4ccc(F)cc43)C2)c1. The summed E-state index contributed by atoms with van der Waals surface area (Å²) in [6.45, 7) is 7.52. The van der Waals surface area contributed by atoms with Crippen molar-refractivity contribution >= 4 is 28.6 Å². The predicted octanol–water partition coefficient (Wildman–Crippen LogP) is 4.06. The second-order valence-electron chi connectivity index (χ2n) is 8.11. The van der Waals surface area contributed by atoms with E-state index < -0.39 is 5.82 Å². The highest BCUT2D eigenvalue weighted by Gasteiger charge is 2.27. The maximum absolute atomic E-state index is 13.7. The van der Waals surface area contributed by atoms with E-state index in [1.807, 2.05) is 18.2 Å². The van der Waals surface area contributed by atoms with Gasteiger partial charge in [0.2, 0.25) is 0 Å². The van der Waals surface area contributed by atoms with Gasteiger partial charge in [-0.2, -0.15) is 0 Å². The Morgan fingerprint density at radius 2 is 2.06 bits per heavy atom. The number of hydrogen-bond donors (Lipinski definition) is 2. The summed E-state index contributed by atoms with van der Waals surface area (Å²) >= 11 is 0. The summed E-state index contributed by atoms with van der Waals surface area (Å²) in [6.07, 6.45) is 3.60. The molecule has 6 nitrogen and oxygen atoms in total. The molecular formula is C26H28FN3O3. The topological polar surface area (TPSA) is 70.7 Å². The van der Waals surface area contributed by atoms with Crippen LogP contribution in [0.1, 0.15) is 41.8 Å². The largest absolute Gasteiger partial charge is 0.493 e. The van der Waals surface area contributed by atoms with Crippen LogP contribution in [0.4, 0.5) is 10.1 Å². The van der Waals surface area contributed by atoms with Crippen LogP contribution in [0.3, 0.4) is 0 Å². The minimum Gasteiger partial charge on any atom is -0.493 e. The molecule has 1 unspecified atom stereocenters. The van der Waals surface area contributed by atoms with Crippen molar-refractivity contribution < 1.29 is 18.7 Å². The van der Waals surface area contributed by atoms with Gasteiger partial charge in [0.1, 0.15) is 11.9 Å². The number of amides is 2. The summed E-state index contributed by atoms with van der Waals surface area (Å²) in [5, 5.41) is 5.72. The molecule has 2 heterocycles. The summed E-state index contributed by atoms with van der Waals surface area (Å²) in [5.41, 5.74) is 3.97. The molecule has 0 saturated carbocycles. The Labute approximate surface area is 193 Å². The first kappa shape index (κ1) is 22.7. The Balaban J connectivity index is 1.41. The van der Waals surface area contributed by atoms with Crippen LogP contribution in [0.15, 0.2) is 54.8 Å². The van der Waals surface area contributed by atoms with Gasteiger partial charge >= 0.3 is 0 Å². The van der Waals surface area contributed by atoms with Gasteiger partial charge in [0, 0.05) is 41.9 Å². The minimum atomic E-state index is -0.394. The highest BCUT2D eigenvalue weighted by Crippen LogP contribution is 2.35. The predicted molar refractivity (Wildman–Crippen MR) is 127 cm³/mol. The van der Waals surface area contributed by atoms with E-state index in [4.69, 9.17) is 4.74 Å². The fraction of sp³-hybridized carbons (Fsp3) is 0.308. The lowest BCUT2D eigenvalue weighted by molar-refractivity contribution is -0.110. The van der Waals surface area contributed by atoms with Crippen LogP contribution in [0.2, 0.25) is 0 Å². The van der Waals surface area contributed by atoms with Crippen molar-refractivity contribution in [1.29, 1.82) is 0 Å². The van der Waals surface area contributed by atoms with E-state index in [-0.39, 0.29) is 17.9 Å². The first-order valence-electron chi connectivity index (χ1n) is 11.3. The molecule has 0 saturated heterocycles.